The van der Waals surface area contributed by atoms with E-state index < -0.39 is 0 Å². The lowest BCUT2D eigenvalue weighted by Crippen LogP contribution is -2.38. The van der Waals surface area contributed by atoms with E-state index in [0.29, 0.717) is 24.2 Å². The van der Waals surface area contributed by atoms with E-state index in [0.717, 1.165) is 29.7 Å². The fourth-order valence-electron chi connectivity index (χ4n) is 3.86. The lowest BCUT2D eigenvalue weighted by atomic mass is 9.95. The van der Waals surface area contributed by atoms with E-state index >= 15 is 0 Å². The standard InChI is InChI=1S/C23H24FN3O2/c1-15-2-4-16(5-3-15)21(28)8-9-22(29)27-12-10-17(11-13-27)23-25-19-7-6-18(24)14-20(19)26-23/h2-7,14,17H,8-13H2,1H3,(H,25,26). The third kappa shape index (κ3) is 4.36. The molecule has 150 valence electrons. The molecule has 0 aliphatic carbocycles. The highest BCUT2D eigenvalue weighted by Crippen LogP contribution is 2.28. The van der Waals surface area contributed by atoms with Gasteiger partial charge in [0.2, 0.25) is 5.91 Å². The van der Waals surface area contributed by atoms with Crippen molar-refractivity contribution in [1.82, 2.24) is 14.9 Å². The van der Waals surface area contributed by atoms with E-state index in [2.05, 4.69) is 9.97 Å². The molecule has 2 heterocycles. The second-order valence-corrected chi connectivity index (χ2v) is 7.73. The molecule has 0 atom stereocenters. The van der Waals surface area contributed by atoms with Crippen LogP contribution in [0, 0.1) is 12.7 Å². The van der Waals surface area contributed by atoms with Crippen LogP contribution in [-0.4, -0.2) is 39.6 Å². The number of hydrogen-bond donors (Lipinski definition) is 1. The van der Waals surface area contributed by atoms with Crippen LogP contribution in [0.25, 0.3) is 11.0 Å². The van der Waals surface area contributed by atoms with Crippen molar-refractivity contribution >= 4 is 22.7 Å². The van der Waals surface area contributed by atoms with Crippen LogP contribution in [0.2, 0.25) is 0 Å². The second-order valence-electron chi connectivity index (χ2n) is 7.73. The number of amides is 1. The maximum Gasteiger partial charge on any atom is 0.223 e. The predicted octanol–water partition coefficient (Wildman–Crippen LogP) is 4.38. The fraction of sp³-hybridized carbons (Fsp3) is 0.348. The minimum atomic E-state index is -0.284. The van der Waals surface area contributed by atoms with Crippen molar-refractivity contribution in [3.63, 3.8) is 0 Å². The Balaban J connectivity index is 1.30. The molecule has 1 saturated heterocycles. The normalized spacial score (nSPS) is 15.0. The summed E-state index contributed by atoms with van der Waals surface area (Å²) in [4.78, 5) is 34.4. The van der Waals surface area contributed by atoms with Crippen LogP contribution in [0.1, 0.15) is 53.3 Å². The van der Waals surface area contributed by atoms with Gasteiger partial charge in [-0.15, -0.1) is 0 Å². The third-order valence-corrected chi connectivity index (χ3v) is 5.64. The van der Waals surface area contributed by atoms with E-state index in [9.17, 15) is 14.0 Å². The van der Waals surface area contributed by atoms with Crippen molar-refractivity contribution in [2.75, 3.05) is 13.1 Å². The van der Waals surface area contributed by atoms with Gasteiger partial charge in [0.15, 0.2) is 5.78 Å². The molecule has 0 saturated carbocycles. The van der Waals surface area contributed by atoms with Gasteiger partial charge in [-0.05, 0) is 38.0 Å². The number of rotatable bonds is 5. The first kappa shape index (κ1) is 19.3. The van der Waals surface area contributed by atoms with Gasteiger partial charge in [0.25, 0.3) is 0 Å². The molecule has 1 aliphatic heterocycles. The maximum absolute atomic E-state index is 13.4. The first-order valence-corrected chi connectivity index (χ1v) is 10.0. The van der Waals surface area contributed by atoms with Gasteiger partial charge in [-0.1, -0.05) is 29.8 Å². The number of likely N-dealkylation sites (tertiary alicyclic amines) is 1. The second kappa shape index (κ2) is 8.15. The van der Waals surface area contributed by atoms with Gasteiger partial charge in [0, 0.05) is 37.4 Å². The molecule has 1 aromatic heterocycles. The highest BCUT2D eigenvalue weighted by atomic mass is 19.1. The number of aryl methyl sites for hydroxylation is 1. The molecule has 29 heavy (non-hydrogen) atoms. The molecule has 1 amide bonds. The van der Waals surface area contributed by atoms with Gasteiger partial charge in [-0.2, -0.15) is 0 Å². The number of piperidine rings is 1. The molecular formula is C23H24FN3O2. The highest BCUT2D eigenvalue weighted by Gasteiger charge is 2.26. The molecule has 3 aromatic rings. The lowest BCUT2D eigenvalue weighted by molar-refractivity contribution is -0.132. The Morgan fingerprint density at radius 1 is 1.10 bits per heavy atom. The zero-order chi connectivity index (χ0) is 20.4. The zero-order valence-corrected chi connectivity index (χ0v) is 16.5. The Morgan fingerprint density at radius 3 is 2.55 bits per heavy atom. The van der Waals surface area contributed by atoms with Crippen molar-refractivity contribution in [3.8, 4) is 0 Å². The van der Waals surface area contributed by atoms with Crippen LogP contribution in [0.4, 0.5) is 4.39 Å². The molecule has 1 fully saturated rings. The van der Waals surface area contributed by atoms with Gasteiger partial charge < -0.3 is 9.88 Å². The maximum atomic E-state index is 13.4. The Labute approximate surface area is 168 Å². The van der Waals surface area contributed by atoms with E-state index in [4.69, 9.17) is 0 Å². The smallest absolute Gasteiger partial charge is 0.223 e. The Kier molecular flexibility index (Phi) is 5.43. The summed E-state index contributed by atoms with van der Waals surface area (Å²) in [5, 5.41) is 0. The van der Waals surface area contributed by atoms with Crippen molar-refractivity contribution in [1.29, 1.82) is 0 Å². The number of Topliss-reactive ketones (excluding diaryl/α,β-unsaturated/α-hetero) is 1. The SMILES string of the molecule is Cc1ccc(C(=O)CCC(=O)N2CCC(c3nc4ccc(F)cc4[nH]3)CC2)cc1. The number of nitrogens with one attached hydrogen (secondary N) is 1. The predicted molar refractivity (Wildman–Crippen MR) is 109 cm³/mol. The molecule has 0 unspecified atom stereocenters. The van der Waals surface area contributed by atoms with Crippen molar-refractivity contribution < 1.29 is 14.0 Å². The van der Waals surface area contributed by atoms with E-state index in [1.807, 2.05) is 36.1 Å². The monoisotopic (exact) mass is 393 g/mol. The number of fused-ring (bicyclic) bond motifs is 1. The number of carbonyl (C=O) groups is 2. The average molecular weight is 393 g/mol. The van der Waals surface area contributed by atoms with Crippen LogP contribution in [0.3, 0.4) is 0 Å². The van der Waals surface area contributed by atoms with Crippen molar-refractivity contribution in [3.05, 3.63) is 65.2 Å². The summed E-state index contributed by atoms with van der Waals surface area (Å²) in [7, 11) is 0. The molecule has 0 radical (unpaired) electrons. The number of H-pyrrole nitrogens is 1. The van der Waals surface area contributed by atoms with E-state index in [1.165, 1.54) is 12.1 Å². The summed E-state index contributed by atoms with van der Waals surface area (Å²) in [5.74, 6) is 0.822. The van der Waals surface area contributed by atoms with Crippen LogP contribution in [0.5, 0.6) is 0 Å². The van der Waals surface area contributed by atoms with Crippen molar-refractivity contribution in [2.45, 2.75) is 38.5 Å². The van der Waals surface area contributed by atoms with E-state index in [-0.39, 0.29) is 36.3 Å². The Bertz CT molecular complexity index is 1030. The molecule has 2 aromatic carbocycles. The molecular weight excluding hydrogens is 369 g/mol. The molecule has 4 rings (SSSR count). The topological polar surface area (TPSA) is 66.1 Å². The molecule has 1 aliphatic rings. The fourth-order valence-corrected chi connectivity index (χ4v) is 3.86. The molecule has 0 bridgehead atoms. The lowest BCUT2D eigenvalue weighted by Gasteiger charge is -2.31. The summed E-state index contributed by atoms with van der Waals surface area (Å²) in [6.45, 7) is 3.27. The minimum absolute atomic E-state index is 0.00254. The van der Waals surface area contributed by atoms with Gasteiger partial charge in [-0.3, -0.25) is 9.59 Å². The summed E-state index contributed by atoms with van der Waals surface area (Å²) in [6, 6.07) is 12.0. The first-order valence-electron chi connectivity index (χ1n) is 10.0. The van der Waals surface area contributed by atoms with Gasteiger partial charge >= 0.3 is 0 Å². The minimum Gasteiger partial charge on any atom is -0.343 e. The number of aromatic nitrogens is 2. The van der Waals surface area contributed by atoms with Crippen LogP contribution in [0.15, 0.2) is 42.5 Å². The number of nitrogens with zero attached hydrogens (tertiary/aromatic N) is 2. The van der Waals surface area contributed by atoms with E-state index in [1.54, 1.807) is 6.07 Å². The molecule has 1 N–H and O–H groups in total. The van der Waals surface area contributed by atoms with Gasteiger partial charge in [-0.25, -0.2) is 9.37 Å². The number of ketones is 1. The average Bonchev–Trinajstić information content (AvgIpc) is 3.15. The van der Waals surface area contributed by atoms with Crippen LogP contribution < -0.4 is 0 Å². The number of halogens is 1. The Hall–Kier alpha value is -3.02. The van der Waals surface area contributed by atoms with Crippen molar-refractivity contribution in [2.24, 2.45) is 0 Å². The summed E-state index contributed by atoms with van der Waals surface area (Å²) in [6.07, 6.45) is 2.08. The number of carbonyl (C=O) groups excluding carboxylic acids is 2. The van der Waals surface area contributed by atoms with Gasteiger partial charge in [0.05, 0.1) is 11.0 Å². The Morgan fingerprint density at radius 2 is 1.83 bits per heavy atom. The van der Waals surface area contributed by atoms with Crippen LogP contribution >= 0.6 is 0 Å². The summed E-state index contributed by atoms with van der Waals surface area (Å²) < 4.78 is 13.4. The summed E-state index contributed by atoms with van der Waals surface area (Å²) in [5.41, 5.74) is 3.22. The molecule has 5 nitrogen and oxygen atoms in total. The molecule has 6 heteroatoms. The number of imidazole rings is 1. The number of benzene rings is 2. The summed E-state index contributed by atoms with van der Waals surface area (Å²) >= 11 is 0. The molecule has 0 spiro atoms. The quantitative estimate of drug-likeness (QED) is 0.654. The number of hydrogen-bond acceptors (Lipinski definition) is 3. The number of aromatic amines is 1. The van der Waals surface area contributed by atoms with Gasteiger partial charge in [0.1, 0.15) is 11.6 Å². The first-order chi connectivity index (χ1) is 14.0. The zero-order valence-electron chi connectivity index (χ0n) is 16.5. The van der Waals surface area contributed by atoms with Crippen LogP contribution in [-0.2, 0) is 4.79 Å². The third-order valence-electron chi connectivity index (χ3n) is 5.64. The highest BCUT2D eigenvalue weighted by molar-refractivity contribution is 5.98. The largest absolute Gasteiger partial charge is 0.343 e.